The number of benzene rings is 1. The van der Waals surface area contributed by atoms with Gasteiger partial charge in [-0.2, -0.15) is 4.98 Å². The summed E-state index contributed by atoms with van der Waals surface area (Å²) in [5.74, 6) is 0.243. The number of hydrogen-bond donors (Lipinski definition) is 2. The fraction of sp³-hybridized carbons (Fsp3) is 0.312. The molecule has 6 nitrogen and oxygen atoms in total. The van der Waals surface area contributed by atoms with Crippen molar-refractivity contribution in [2.45, 2.75) is 22.8 Å². The Hall–Kier alpha value is -1.90. The van der Waals surface area contributed by atoms with Crippen LogP contribution in [0, 0.1) is 5.82 Å². The smallest absolute Gasteiger partial charge is 0.222 e. The molecule has 1 unspecified atom stereocenters. The number of Topliss-reactive ketones (excluding diaryl/α,β-unsaturated/α-hetero) is 1. The second-order valence-corrected chi connectivity index (χ2v) is 7.14. The first kappa shape index (κ1) is 17.9. The molecular weight excluding hydrogens is 365 g/mol. The molecule has 25 heavy (non-hydrogen) atoms. The molecule has 3 N–H and O–H groups in total. The monoisotopic (exact) mass is 381 g/mol. The molecule has 1 aromatic heterocycles. The van der Waals surface area contributed by atoms with Gasteiger partial charge in [0.25, 0.3) is 0 Å². The Morgan fingerprint density at radius 2 is 2.28 bits per heavy atom. The summed E-state index contributed by atoms with van der Waals surface area (Å²) >= 11 is 6.98. The fourth-order valence-electron chi connectivity index (χ4n) is 2.65. The van der Waals surface area contributed by atoms with E-state index < -0.39 is 5.82 Å². The highest BCUT2D eigenvalue weighted by atomic mass is 35.5. The largest absolute Gasteiger partial charge is 0.368 e. The van der Waals surface area contributed by atoms with Gasteiger partial charge < -0.3 is 16.0 Å². The number of carbonyl (C=O) groups excluding carboxylic acids is 1. The van der Waals surface area contributed by atoms with Crippen LogP contribution in [0.1, 0.15) is 6.92 Å². The zero-order chi connectivity index (χ0) is 18.0. The normalized spacial score (nSPS) is 17.6. The maximum absolute atomic E-state index is 14.1. The van der Waals surface area contributed by atoms with Crippen molar-refractivity contribution in [2.75, 3.05) is 30.3 Å². The molecule has 0 spiro atoms. The van der Waals surface area contributed by atoms with Crippen LogP contribution >= 0.6 is 23.4 Å². The Bertz CT molecular complexity index is 806. The lowest BCUT2D eigenvalue weighted by molar-refractivity contribution is -0.118. The molecule has 0 saturated carbocycles. The highest BCUT2D eigenvalue weighted by Gasteiger charge is 2.29. The van der Waals surface area contributed by atoms with Gasteiger partial charge in [-0.3, -0.25) is 4.79 Å². The standard InChI is InChI=1S/C16H17ClFN5OS/c1-9(24)12-7-20-4-5-23(12)15-14(8-21-16(19)22-15)25-13-3-2-10(17)6-11(13)18/h2-3,6,8,12,20H,4-5,7H2,1H3,(H2,19,21,22). The molecule has 1 aliphatic heterocycles. The summed E-state index contributed by atoms with van der Waals surface area (Å²) in [6.07, 6.45) is 1.55. The minimum absolute atomic E-state index is 0.0259. The summed E-state index contributed by atoms with van der Waals surface area (Å²) in [5, 5.41) is 3.52. The molecule has 1 aliphatic rings. The SMILES string of the molecule is CC(=O)C1CNCCN1c1nc(N)ncc1Sc1ccc(Cl)cc1F. The van der Waals surface area contributed by atoms with Crippen LogP contribution in [0.15, 0.2) is 34.2 Å². The average molecular weight is 382 g/mol. The molecule has 0 radical (unpaired) electrons. The number of anilines is 2. The molecule has 3 rings (SSSR count). The Balaban J connectivity index is 1.99. The zero-order valence-electron chi connectivity index (χ0n) is 13.5. The van der Waals surface area contributed by atoms with E-state index in [1.165, 1.54) is 17.8 Å². The predicted molar refractivity (Wildman–Crippen MR) is 96.7 cm³/mol. The van der Waals surface area contributed by atoms with E-state index in [-0.39, 0.29) is 17.8 Å². The molecule has 2 heterocycles. The van der Waals surface area contributed by atoms with Gasteiger partial charge in [-0.05, 0) is 25.1 Å². The van der Waals surface area contributed by atoms with Crippen LogP contribution in [0.5, 0.6) is 0 Å². The maximum atomic E-state index is 14.1. The summed E-state index contributed by atoms with van der Waals surface area (Å²) in [6, 6.07) is 4.12. The minimum Gasteiger partial charge on any atom is -0.368 e. The number of hydrogen-bond acceptors (Lipinski definition) is 7. The molecule has 132 valence electrons. The van der Waals surface area contributed by atoms with Crippen LogP contribution in [0.4, 0.5) is 16.2 Å². The van der Waals surface area contributed by atoms with Gasteiger partial charge in [0, 0.05) is 35.7 Å². The van der Waals surface area contributed by atoms with Crippen LogP contribution in [-0.2, 0) is 4.79 Å². The van der Waals surface area contributed by atoms with Gasteiger partial charge in [0.2, 0.25) is 5.95 Å². The van der Waals surface area contributed by atoms with Crippen LogP contribution in [0.25, 0.3) is 0 Å². The summed E-state index contributed by atoms with van der Waals surface area (Å²) in [6.45, 7) is 3.38. The van der Waals surface area contributed by atoms with Crippen molar-refractivity contribution in [2.24, 2.45) is 0 Å². The van der Waals surface area contributed by atoms with Crippen LogP contribution in [0.2, 0.25) is 5.02 Å². The van der Waals surface area contributed by atoms with E-state index in [2.05, 4.69) is 15.3 Å². The number of nitrogens with one attached hydrogen (secondary N) is 1. The van der Waals surface area contributed by atoms with E-state index in [0.29, 0.717) is 40.3 Å². The minimum atomic E-state index is -0.427. The van der Waals surface area contributed by atoms with Crippen molar-refractivity contribution in [3.63, 3.8) is 0 Å². The van der Waals surface area contributed by atoms with Gasteiger partial charge in [-0.25, -0.2) is 9.37 Å². The molecule has 1 saturated heterocycles. The lowest BCUT2D eigenvalue weighted by Crippen LogP contribution is -2.55. The number of nitrogens with two attached hydrogens (primary N) is 1. The summed E-state index contributed by atoms with van der Waals surface area (Å²) in [4.78, 5) is 23.2. The number of nitrogen functional groups attached to an aromatic ring is 1. The number of aromatic nitrogens is 2. The first-order chi connectivity index (χ1) is 12.0. The molecule has 2 aromatic rings. The number of rotatable bonds is 4. The zero-order valence-corrected chi connectivity index (χ0v) is 15.1. The molecule has 9 heteroatoms. The molecular formula is C16H17ClFN5OS. The van der Waals surface area contributed by atoms with Crippen LogP contribution < -0.4 is 16.0 Å². The van der Waals surface area contributed by atoms with Gasteiger partial charge in [0.05, 0.1) is 4.90 Å². The Labute approximate surface area is 154 Å². The van der Waals surface area contributed by atoms with Gasteiger partial charge in [0.15, 0.2) is 5.78 Å². The second kappa shape index (κ2) is 7.55. The molecule has 0 bridgehead atoms. The first-order valence-electron chi connectivity index (χ1n) is 7.69. The molecule has 1 fully saturated rings. The van der Waals surface area contributed by atoms with E-state index in [1.807, 2.05) is 4.90 Å². The quantitative estimate of drug-likeness (QED) is 0.841. The average Bonchev–Trinajstić information content (AvgIpc) is 2.58. The molecule has 1 aromatic carbocycles. The van der Waals surface area contributed by atoms with Gasteiger partial charge in [0.1, 0.15) is 17.7 Å². The van der Waals surface area contributed by atoms with Crippen LogP contribution in [-0.4, -0.2) is 41.4 Å². The lowest BCUT2D eigenvalue weighted by atomic mass is 10.1. The predicted octanol–water partition coefficient (Wildman–Crippen LogP) is 2.37. The van der Waals surface area contributed by atoms with E-state index in [0.717, 1.165) is 0 Å². The third-order valence-electron chi connectivity index (χ3n) is 3.85. The van der Waals surface area contributed by atoms with Gasteiger partial charge >= 0.3 is 0 Å². The summed E-state index contributed by atoms with van der Waals surface area (Å²) < 4.78 is 14.1. The number of halogens is 2. The lowest BCUT2D eigenvalue weighted by Gasteiger charge is -2.36. The van der Waals surface area contributed by atoms with Crippen molar-refractivity contribution in [3.05, 3.63) is 35.2 Å². The van der Waals surface area contributed by atoms with Gasteiger partial charge in [-0.15, -0.1) is 0 Å². The van der Waals surface area contributed by atoms with E-state index in [1.54, 1.807) is 25.3 Å². The number of piperazine rings is 1. The van der Waals surface area contributed by atoms with Crippen molar-refractivity contribution in [1.29, 1.82) is 0 Å². The second-order valence-electron chi connectivity index (χ2n) is 5.62. The fourth-order valence-corrected chi connectivity index (χ4v) is 3.70. The maximum Gasteiger partial charge on any atom is 0.222 e. The van der Waals surface area contributed by atoms with Crippen LogP contribution in [0.3, 0.4) is 0 Å². The number of ketones is 1. The van der Waals surface area contributed by atoms with Gasteiger partial charge in [-0.1, -0.05) is 23.4 Å². The number of carbonyl (C=O) groups is 1. The number of nitrogens with zero attached hydrogens (tertiary/aromatic N) is 3. The van der Waals surface area contributed by atoms with E-state index in [4.69, 9.17) is 17.3 Å². The highest BCUT2D eigenvalue weighted by molar-refractivity contribution is 7.99. The summed E-state index contributed by atoms with van der Waals surface area (Å²) in [7, 11) is 0. The third-order valence-corrected chi connectivity index (χ3v) is 5.15. The topological polar surface area (TPSA) is 84.1 Å². The Kier molecular flexibility index (Phi) is 5.41. The third kappa shape index (κ3) is 4.02. The molecule has 1 atom stereocenters. The highest BCUT2D eigenvalue weighted by Crippen LogP contribution is 2.37. The Morgan fingerprint density at radius 1 is 1.48 bits per heavy atom. The van der Waals surface area contributed by atoms with Crippen molar-refractivity contribution >= 4 is 40.9 Å². The van der Waals surface area contributed by atoms with Crippen molar-refractivity contribution in [3.8, 4) is 0 Å². The first-order valence-corrected chi connectivity index (χ1v) is 8.88. The van der Waals surface area contributed by atoms with Crippen molar-refractivity contribution < 1.29 is 9.18 Å². The molecule has 0 amide bonds. The Morgan fingerprint density at radius 3 is 3.00 bits per heavy atom. The van der Waals surface area contributed by atoms with Crippen molar-refractivity contribution in [1.82, 2.24) is 15.3 Å². The van der Waals surface area contributed by atoms with E-state index >= 15 is 0 Å². The van der Waals surface area contributed by atoms with E-state index in [9.17, 15) is 9.18 Å². The summed E-state index contributed by atoms with van der Waals surface area (Å²) in [5.41, 5.74) is 5.75. The molecule has 0 aliphatic carbocycles.